The van der Waals surface area contributed by atoms with Crippen molar-refractivity contribution in [3.8, 4) is 11.4 Å². The Bertz CT molecular complexity index is 888. The fraction of sp³-hybridized carbons (Fsp3) is 0.235. The number of aryl methyl sites for hydroxylation is 1. The van der Waals surface area contributed by atoms with E-state index in [-0.39, 0.29) is 0 Å². The number of aromatic nitrogens is 3. The number of aromatic amines is 1. The minimum atomic E-state index is -0.980. The first-order valence-electron chi connectivity index (χ1n) is 7.62. The third kappa shape index (κ3) is 3.27. The molecule has 3 aromatic rings. The molecule has 0 spiro atoms. The number of nitrogens with two attached hydrogens (primary N) is 1. The van der Waals surface area contributed by atoms with Crippen molar-refractivity contribution in [3.63, 3.8) is 0 Å². The number of carbonyl (C=O) groups is 1. The fourth-order valence-electron chi connectivity index (χ4n) is 2.31. The standard InChI is InChI=1S/C17H19N5O2/c1-9-6-7-13-16(19-9)22-15(21-13)11-4-3-5-12(8-11)20-17(24)14(18)10(2)23/h3-8,10,14,23H,18H2,1-2H3,(H,20,24)(H,19,21,22)/t10-,14-/m0/s1. The molecule has 2 atom stereocenters. The van der Waals surface area contributed by atoms with E-state index in [1.165, 1.54) is 6.92 Å². The van der Waals surface area contributed by atoms with Crippen LogP contribution in [0.2, 0.25) is 0 Å². The molecule has 1 amide bonds. The Morgan fingerprint density at radius 3 is 2.83 bits per heavy atom. The van der Waals surface area contributed by atoms with Gasteiger partial charge in [-0.05, 0) is 38.1 Å². The molecule has 124 valence electrons. The van der Waals surface area contributed by atoms with Gasteiger partial charge in [0.15, 0.2) is 5.65 Å². The Balaban J connectivity index is 1.88. The predicted octanol–water partition coefficient (Wildman–Crippen LogP) is 1.58. The van der Waals surface area contributed by atoms with Gasteiger partial charge in [0.1, 0.15) is 11.9 Å². The Hall–Kier alpha value is -2.77. The highest BCUT2D eigenvalue weighted by atomic mass is 16.3. The number of H-pyrrole nitrogens is 1. The second-order valence-corrected chi connectivity index (χ2v) is 5.75. The highest BCUT2D eigenvalue weighted by Crippen LogP contribution is 2.22. The lowest BCUT2D eigenvalue weighted by atomic mass is 10.1. The minimum Gasteiger partial charge on any atom is -0.391 e. The number of nitrogens with zero attached hydrogens (tertiary/aromatic N) is 2. The summed E-state index contributed by atoms with van der Waals surface area (Å²) in [6, 6.07) is 10.1. The van der Waals surface area contributed by atoms with E-state index in [2.05, 4.69) is 20.3 Å². The fourth-order valence-corrected chi connectivity index (χ4v) is 2.31. The van der Waals surface area contributed by atoms with Crippen molar-refractivity contribution < 1.29 is 9.90 Å². The third-order valence-electron chi connectivity index (χ3n) is 3.71. The molecule has 1 aromatic carbocycles. The first kappa shape index (κ1) is 16.1. The number of fused-ring (bicyclic) bond motifs is 1. The highest BCUT2D eigenvalue weighted by molar-refractivity contribution is 5.95. The van der Waals surface area contributed by atoms with Gasteiger partial charge in [-0.25, -0.2) is 9.97 Å². The van der Waals surface area contributed by atoms with E-state index in [0.717, 1.165) is 16.8 Å². The number of aliphatic hydroxyl groups is 1. The monoisotopic (exact) mass is 325 g/mol. The Labute approximate surface area is 138 Å². The maximum atomic E-state index is 12.0. The molecule has 24 heavy (non-hydrogen) atoms. The molecule has 2 aromatic heterocycles. The number of hydrogen-bond donors (Lipinski definition) is 4. The van der Waals surface area contributed by atoms with Gasteiger partial charge in [0.2, 0.25) is 5.91 Å². The van der Waals surface area contributed by atoms with E-state index in [9.17, 15) is 9.90 Å². The van der Waals surface area contributed by atoms with Gasteiger partial charge < -0.3 is 21.1 Å². The van der Waals surface area contributed by atoms with Crippen LogP contribution in [-0.2, 0) is 4.79 Å². The molecule has 0 saturated carbocycles. The normalized spacial score (nSPS) is 13.7. The lowest BCUT2D eigenvalue weighted by Gasteiger charge is -2.14. The summed E-state index contributed by atoms with van der Waals surface area (Å²) in [6.07, 6.45) is -0.919. The van der Waals surface area contributed by atoms with Crippen LogP contribution in [0, 0.1) is 6.92 Å². The molecule has 3 rings (SSSR count). The molecule has 0 aliphatic carbocycles. The number of aliphatic hydroxyl groups excluding tert-OH is 1. The van der Waals surface area contributed by atoms with Crippen LogP contribution in [0.4, 0.5) is 5.69 Å². The number of pyridine rings is 1. The van der Waals surface area contributed by atoms with Crippen molar-refractivity contribution >= 4 is 22.8 Å². The van der Waals surface area contributed by atoms with Gasteiger partial charge in [-0.2, -0.15) is 0 Å². The summed E-state index contributed by atoms with van der Waals surface area (Å²) in [7, 11) is 0. The second kappa shape index (κ2) is 6.38. The number of rotatable bonds is 4. The number of anilines is 1. The molecule has 0 fully saturated rings. The van der Waals surface area contributed by atoms with E-state index >= 15 is 0 Å². The van der Waals surface area contributed by atoms with E-state index in [4.69, 9.17) is 5.73 Å². The average molecular weight is 325 g/mol. The van der Waals surface area contributed by atoms with Gasteiger partial charge in [0, 0.05) is 16.9 Å². The van der Waals surface area contributed by atoms with Gasteiger partial charge in [-0.3, -0.25) is 4.79 Å². The number of carbonyl (C=O) groups excluding carboxylic acids is 1. The molecule has 2 heterocycles. The third-order valence-corrected chi connectivity index (χ3v) is 3.71. The molecule has 0 saturated heterocycles. The summed E-state index contributed by atoms with van der Waals surface area (Å²) in [4.78, 5) is 24.0. The molecule has 7 nitrogen and oxygen atoms in total. The van der Waals surface area contributed by atoms with Crippen LogP contribution in [0.15, 0.2) is 36.4 Å². The van der Waals surface area contributed by atoms with Crippen LogP contribution >= 0.6 is 0 Å². The van der Waals surface area contributed by atoms with Crippen molar-refractivity contribution in [1.82, 2.24) is 15.0 Å². The molecule has 7 heteroatoms. The van der Waals surface area contributed by atoms with Crippen LogP contribution in [0.25, 0.3) is 22.6 Å². The minimum absolute atomic E-state index is 0.441. The Morgan fingerprint density at radius 2 is 2.08 bits per heavy atom. The van der Waals surface area contributed by atoms with E-state index in [1.807, 2.05) is 31.2 Å². The largest absolute Gasteiger partial charge is 0.391 e. The smallest absolute Gasteiger partial charge is 0.243 e. The van der Waals surface area contributed by atoms with Crippen molar-refractivity contribution in [3.05, 3.63) is 42.1 Å². The highest BCUT2D eigenvalue weighted by Gasteiger charge is 2.19. The van der Waals surface area contributed by atoms with E-state index < -0.39 is 18.1 Å². The van der Waals surface area contributed by atoms with Gasteiger partial charge in [0.25, 0.3) is 0 Å². The summed E-state index contributed by atoms with van der Waals surface area (Å²) in [5, 5.41) is 12.1. The van der Waals surface area contributed by atoms with E-state index in [1.54, 1.807) is 12.1 Å². The van der Waals surface area contributed by atoms with Crippen LogP contribution in [-0.4, -0.2) is 38.1 Å². The maximum Gasteiger partial charge on any atom is 0.243 e. The summed E-state index contributed by atoms with van der Waals surface area (Å²) >= 11 is 0. The van der Waals surface area contributed by atoms with Crippen molar-refractivity contribution in [2.24, 2.45) is 5.73 Å². The van der Waals surface area contributed by atoms with Crippen LogP contribution in [0.3, 0.4) is 0 Å². The molecule has 5 N–H and O–H groups in total. The zero-order chi connectivity index (χ0) is 17.3. The molecule has 0 aliphatic rings. The number of benzene rings is 1. The van der Waals surface area contributed by atoms with Crippen molar-refractivity contribution in [1.29, 1.82) is 0 Å². The summed E-state index contributed by atoms with van der Waals surface area (Å²) < 4.78 is 0. The predicted molar refractivity (Wildman–Crippen MR) is 92.3 cm³/mol. The van der Waals surface area contributed by atoms with Crippen molar-refractivity contribution in [2.45, 2.75) is 26.0 Å². The number of hydrogen-bond acceptors (Lipinski definition) is 5. The average Bonchev–Trinajstić information content (AvgIpc) is 2.97. The zero-order valence-corrected chi connectivity index (χ0v) is 13.4. The quantitative estimate of drug-likeness (QED) is 0.581. The van der Waals surface area contributed by atoms with Gasteiger partial charge in [0.05, 0.1) is 11.6 Å². The van der Waals surface area contributed by atoms with Crippen LogP contribution in [0.1, 0.15) is 12.6 Å². The zero-order valence-electron chi connectivity index (χ0n) is 13.4. The van der Waals surface area contributed by atoms with E-state index in [0.29, 0.717) is 17.2 Å². The SMILES string of the molecule is Cc1ccc2[nH]c(-c3cccc(NC(=O)[C@@H](N)[C@H](C)O)c3)nc2n1. The van der Waals surface area contributed by atoms with Gasteiger partial charge in [-0.15, -0.1) is 0 Å². The summed E-state index contributed by atoms with van der Waals surface area (Å²) in [5.41, 5.74) is 9.42. The lowest BCUT2D eigenvalue weighted by molar-refractivity contribution is -0.119. The van der Waals surface area contributed by atoms with Crippen LogP contribution < -0.4 is 11.1 Å². The molecule has 0 bridgehead atoms. The van der Waals surface area contributed by atoms with Crippen molar-refractivity contribution in [2.75, 3.05) is 5.32 Å². The topological polar surface area (TPSA) is 117 Å². The van der Waals surface area contributed by atoms with Crippen LogP contribution in [0.5, 0.6) is 0 Å². The second-order valence-electron chi connectivity index (χ2n) is 5.75. The number of amides is 1. The molecular formula is C17H19N5O2. The lowest BCUT2D eigenvalue weighted by Crippen LogP contribution is -2.43. The summed E-state index contributed by atoms with van der Waals surface area (Å²) in [5.74, 6) is 0.225. The van der Waals surface area contributed by atoms with Gasteiger partial charge in [-0.1, -0.05) is 12.1 Å². The molecular weight excluding hydrogens is 306 g/mol. The molecule has 0 aliphatic heterocycles. The maximum absolute atomic E-state index is 12.0. The molecule has 0 radical (unpaired) electrons. The summed E-state index contributed by atoms with van der Waals surface area (Å²) in [6.45, 7) is 3.39. The molecule has 0 unspecified atom stereocenters. The number of imidazole rings is 1. The first-order valence-corrected chi connectivity index (χ1v) is 7.62. The first-order chi connectivity index (χ1) is 11.4. The number of nitrogens with one attached hydrogen (secondary N) is 2. The Kier molecular flexibility index (Phi) is 4.28. The van der Waals surface area contributed by atoms with Gasteiger partial charge >= 0.3 is 0 Å². The Morgan fingerprint density at radius 1 is 1.29 bits per heavy atom.